The molecule has 0 fully saturated rings. The van der Waals surface area contributed by atoms with Crippen molar-refractivity contribution in [1.82, 2.24) is 4.90 Å². The number of phenols is 1. The van der Waals surface area contributed by atoms with E-state index in [9.17, 15) is 14.7 Å². The van der Waals surface area contributed by atoms with Crippen LogP contribution in [0.2, 0.25) is 0 Å². The van der Waals surface area contributed by atoms with E-state index in [1.807, 2.05) is 0 Å². The van der Waals surface area contributed by atoms with E-state index in [1.165, 1.54) is 30.2 Å². The van der Waals surface area contributed by atoms with Crippen molar-refractivity contribution in [1.29, 1.82) is 0 Å². The summed E-state index contributed by atoms with van der Waals surface area (Å²) in [6.45, 7) is 3.22. The molecule has 6 nitrogen and oxygen atoms in total. The number of phenolic OH excluding ortho intramolecular Hbond substituents is 1. The van der Waals surface area contributed by atoms with E-state index in [2.05, 4.69) is 6.58 Å². The number of urea groups is 1. The lowest BCUT2D eigenvalue weighted by atomic mass is 10.3. The second-order valence-electron chi connectivity index (χ2n) is 3.92. The molecule has 1 aromatic rings. The molecular formula is C13H16N2O4. The monoisotopic (exact) mass is 264 g/mol. The van der Waals surface area contributed by atoms with Crippen LogP contribution in [0, 0.1) is 0 Å². The molecule has 0 saturated carbocycles. The molecule has 2 N–H and O–H groups in total. The summed E-state index contributed by atoms with van der Waals surface area (Å²) in [7, 11) is 1.51. The average molecular weight is 264 g/mol. The minimum atomic E-state index is -1.10. The normalized spacial score (nSPS) is 9.74. The van der Waals surface area contributed by atoms with Crippen LogP contribution in [0.4, 0.5) is 10.5 Å². The number of aliphatic carboxylic acids is 1. The first kappa shape index (κ1) is 14.6. The van der Waals surface area contributed by atoms with Gasteiger partial charge in [-0.2, -0.15) is 0 Å². The highest BCUT2D eigenvalue weighted by molar-refractivity contribution is 5.93. The molecule has 0 unspecified atom stereocenters. The maximum atomic E-state index is 12.1. The van der Waals surface area contributed by atoms with Crippen LogP contribution >= 0.6 is 0 Å². The van der Waals surface area contributed by atoms with Gasteiger partial charge in [-0.25, -0.2) is 4.79 Å². The minimum Gasteiger partial charge on any atom is -0.508 e. The van der Waals surface area contributed by atoms with Gasteiger partial charge in [0.2, 0.25) is 0 Å². The maximum absolute atomic E-state index is 12.1. The molecule has 0 bridgehead atoms. The van der Waals surface area contributed by atoms with Gasteiger partial charge in [0.05, 0.1) is 0 Å². The number of anilines is 1. The molecule has 0 heterocycles. The van der Waals surface area contributed by atoms with Gasteiger partial charge in [-0.3, -0.25) is 9.69 Å². The predicted octanol–water partition coefficient (Wildman–Crippen LogP) is 1.52. The number of carboxylic acid groups (broad SMARTS) is 1. The number of nitrogens with zero attached hydrogens (tertiary/aromatic N) is 2. The van der Waals surface area contributed by atoms with Gasteiger partial charge in [-0.05, 0) is 12.1 Å². The van der Waals surface area contributed by atoms with Gasteiger partial charge in [-0.15, -0.1) is 6.58 Å². The highest BCUT2D eigenvalue weighted by Crippen LogP contribution is 2.19. The van der Waals surface area contributed by atoms with Gasteiger partial charge in [-0.1, -0.05) is 12.1 Å². The number of carbonyl (C=O) groups is 2. The van der Waals surface area contributed by atoms with E-state index in [1.54, 1.807) is 12.1 Å². The van der Waals surface area contributed by atoms with Crippen LogP contribution < -0.4 is 4.90 Å². The molecule has 6 heteroatoms. The molecule has 0 aliphatic heterocycles. The molecule has 0 atom stereocenters. The van der Waals surface area contributed by atoms with Gasteiger partial charge < -0.3 is 15.1 Å². The van der Waals surface area contributed by atoms with Crippen LogP contribution in [-0.4, -0.2) is 47.3 Å². The Balaban J connectivity index is 2.89. The number of hydrogen-bond donors (Lipinski definition) is 2. The Bertz CT molecular complexity index is 487. The lowest BCUT2D eigenvalue weighted by molar-refractivity contribution is -0.137. The maximum Gasteiger partial charge on any atom is 0.325 e. The molecule has 1 aromatic carbocycles. The molecule has 102 valence electrons. The van der Waals surface area contributed by atoms with E-state index in [0.717, 1.165) is 4.90 Å². The zero-order chi connectivity index (χ0) is 14.4. The fourth-order valence-corrected chi connectivity index (χ4v) is 1.55. The SMILES string of the molecule is C=CCN(CC(=O)O)C(=O)N(C)c1cccc(O)c1. The van der Waals surface area contributed by atoms with Crippen molar-refractivity contribution in [3.63, 3.8) is 0 Å². The third kappa shape index (κ3) is 4.02. The van der Waals surface area contributed by atoms with Crippen LogP contribution in [-0.2, 0) is 4.79 Å². The van der Waals surface area contributed by atoms with Crippen molar-refractivity contribution in [3.05, 3.63) is 36.9 Å². The Labute approximate surface area is 111 Å². The van der Waals surface area contributed by atoms with E-state index >= 15 is 0 Å². The molecule has 0 aliphatic rings. The second-order valence-corrected chi connectivity index (χ2v) is 3.92. The quantitative estimate of drug-likeness (QED) is 0.790. The highest BCUT2D eigenvalue weighted by Gasteiger charge is 2.20. The van der Waals surface area contributed by atoms with Crippen LogP contribution in [0.1, 0.15) is 0 Å². The number of benzene rings is 1. The Morgan fingerprint density at radius 2 is 2.11 bits per heavy atom. The standard InChI is InChI=1S/C13H16N2O4/c1-3-7-15(9-12(17)18)13(19)14(2)10-5-4-6-11(16)8-10/h3-6,8,16H,1,7,9H2,2H3,(H,17,18). The van der Waals surface area contributed by atoms with Crippen LogP contribution in [0.15, 0.2) is 36.9 Å². The molecule has 0 saturated heterocycles. The van der Waals surface area contributed by atoms with Crippen molar-refractivity contribution in [2.75, 3.05) is 25.0 Å². The Kier molecular flexibility index (Phi) is 4.93. The van der Waals surface area contributed by atoms with Gasteiger partial charge >= 0.3 is 12.0 Å². The molecule has 0 radical (unpaired) electrons. The number of aromatic hydroxyl groups is 1. The van der Waals surface area contributed by atoms with Crippen molar-refractivity contribution in [3.8, 4) is 5.75 Å². The summed E-state index contributed by atoms with van der Waals surface area (Å²) < 4.78 is 0. The zero-order valence-electron chi connectivity index (χ0n) is 10.6. The second kappa shape index (κ2) is 6.44. The van der Waals surface area contributed by atoms with E-state index in [0.29, 0.717) is 5.69 Å². The Morgan fingerprint density at radius 1 is 1.42 bits per heavy atom. The first-order chi connectivity index (χ1) is 8.95. The van der Waals surface area contributed by atoms with Crippen molar-refractivity contribution < 1.29 is 19.8 Å². The first-order valence-corrected chi connectivity index (χ1v) is 5.60. The van der Waals surface area contributed by atoms with E-state index < -0.39 is 18.5 Å². The molecule has 19 heavy (non-hydrogen) atoms. The van der Waals surface area contributed by atoms with Crippen molar-refractivity contribution in [2.24, 2.45) is 0 Å². The summed E-state index contributed by atoms with van der Waals surface area (Å²) in [6, 6.07) is 5.67. The largest absolute Gasteiger partial charge is 0.508 e. The summed E-state index contributed by atoms with van der Waals surface area (Å²) in [5, 5.41) is 18.1. The van der Waals surface area contributed by atoms with Gasteiger partial charge in [0.1, 0.15) is 12.3 Å². The predicted molar refractivity (Wildman–Crippen MR) is 71.3 cm³/mol. The summed E-state index contributed by atoms with van der Waals surface area (Å²) >= 11 is 0. The minimum absolute atomic E-state index is 0.0330. The Hall–Kier alpha value is -2.50. The fourth-order valence-electron chi connectivity index (χ4n) is 1.55. The van der Waals surface area contributed by atoms with Gasteiger partial charge in [0.15, 0.2) is 0 Å². The summed E-state index contributed by atoms with van der Waals surface area (Å²) in [5.74, 6) is -1.06. The number of amides is 2. The molecule has 2 amide bonds. The Morgan fingerprint density at radius 3 is 2.63 bits per heavy atom. The van der Waals surface area contributed by atoms with Crippen molar-refractivity contribution >= 4 is 17.7 Å². The average Bonchev–Trinajstić information content (AvgIpc) is 2.36. The third-order valence-electron chi connectivity index (χ3n) is 2.45. The number of hydrogen-bond acceptors (Lipinski definition) is 3. The topological polar surface area (TPSA) is 81.1 Å². The molecular weight excluding hydrogens is 248 g/mol. The van der Waals surface area contributed by atoms with Crippen molar-refractivity contribution in [2.45, 2.75) is 0 Å². The van der Waals surface area contributed by atoms with Crippen LogP contribution in [0.3, 0.4) is 0 Å². The molecule has 0 aliphatic carbocycles. The smallest absolute Gasteiger partial charge is 0.325 e. The third-order valence-corrected chi connectivity index (χ3v) is 2.45. The van der Waals surface area contributed by atoms with Gasteiger partial charge in [0, 0.05) is 25.3 Å². The number of carboxylic acids is 1. The number of carbonyl (C=O) groups excluding carboxylic acids is 1. The highest BCUT2D eigenvalue weighted by atomic mass is 16.4. The molecule has 0 aromatic heterocycles. The summed E-state index contributed by atoms with van der Waals surface area (Å²) in [5.41, 5.74) is 0.476. The van der Waals surface area contributed by atoms with E-state index in [-0.39, 0.29) is 12.3 Å². The summed E-state index contributed by atoms with van der Waals surface area (Å²) in [6.07, 6.45) is 1.46. The summed E-state index contributed by atoms with van der Waals surface area (Å²) in [4.78, 5) is 25.3. The van der Waals surface area contributed by atoms with Crippen LogP contribution in [0.5, 0.6) is 5.75 Å². The zero-order valence-corrected chi connectivity index (χ0v) is 10.6. The van der Waals surface area contributed by atoms with Crippen LogP contribution in [0.25, 0.3) is 0 Å². The fraction of sp³-hybridized carbons (Fsp3) is 0.231. The molecule has 1 rings (SSSR count). The molecule has 0 spiro atoms. The lowest BCUT2D eigenvalue weighted by Gasteiger charge is -2.26. The lowest BCUT2D eigenvalue weighted by Crippen LogP contribution is -2.43. The van der Waals surface area contributed by atoms with E-state index in [4.69, 9.17) is 5.11 Å². The van der Waals surface area contributed by atoms with Gasteiger partial charge in [0.25, 0.3) is 0 Å². The first-order valence-electron chi connectivity index (χ1n) is 5.60. The number of rotatable bonds is 5.